The first-order valence-corrected chi connectivity index (χ1v) is 7.88. The number of hydrazone groups is 1. The summed E-state index contributed by atoms with van der Waals surface area (Å²) in [5.41, 5.74) is 5.45. The van der Waals surface area contributed by atoms with Gasteiger partial charge in [-0.1, -0.05) is 49.6 Å². The topological polar surface area (TPSA) is 36.4 Å². The summed E-state index contributed by atoms with van der Waals surface area (Å²) >= 11 is 5.25. The van der Waals surface area contributed by atoms with Crippen molar-refractivity contribution in [3.63, 3.8) is 0 Å². The molecular weight excluding hydrogens is 266 g/mol. The number of benzene rings is 1. The summed E-state index contributed by atoms with van der Waals surface area (Å²) in [6.07, 6.45) is 8.75. The maximum atomic E-state index is 5.25. The Morgan fingerprint density at radius 2 is 1.65 bits per heavy atom. The molecule has 0 radical (unpaired) electrons. The summed E-state index contributed by atoms with van der Waals surface area (Å²) < 4.78 is 0. The molecule has 0 heterocycles. The zero-order chi connectivity index (χ0) is 14.0. The quantitative estimate of drug-likeness (QED) is 0.657. The van der Waals surface area contributed by atoms with Crippen LogP contribution in [0.1, 0.15) is 50.5 Å². The predicted octanol–water partition coefficient (Wildman–Crippen LogP) is 3.75. The molecule has 1 aliphatic carbocycles. The number of rotatable bonds is 3. The van der Waals surface area contributed by atoms with Gasteiger partial charge in [0, 0.05) is 12.3 Å². The van der Waals surface area contributed by atoms with Gasteiger partial charge in [-0.15, -0.1) is 0 Å². The van der Waals surface area contributed by atoms with Crippen molar-refractivity contribution in [1.82, 2.24) is 10.7 Å². The van der Waals surface area contributed by atoms with Crippen LogP contribution in [0.5, 0.6) is 0 Å². The van der Waals surface area contributed by atoms with Crippen LogP contribution in [-0.4, -0.2) is 10.8 Å². The molecule has 0 saturated heterocycles. The molecule has 4 heteroatoms. The molecule has 20 heavy (non-hydrogen) atoms. The lowest BCUT2D eigenvalue weighted by atomic mass is 9.99. The van der Waals surface area contributed by atoms with Crippen molar-refractivity contribution < 1.29 is 0 Å². The number of thiocarbonyl (C=S) groups is 1. The Hall–Kier alpha value is -1.42. The van der Waals surface area contributed by atoms with Crippen molar-refractivity contribution >= 4 is 23.0 Å². The Morgan fingerprint density at radius 1 is 1.00 bits per heavy atom. The molecule has 0 aromatic heterocycles. The molecular formula is C16H23N3S. The van der Waals surface area contributed by atoms with Crippen LogP contribution in [0, 0.1) is 0 Å². The summed E-state index contributed by atoms with van der Waals surface area (Å²) in [4.78, 5) is 0. The van der Waals surface area contributed by atoms with E-state index in [1.54, 1.807) is 0 Å². The first-order valence-electron chi connectivity index (χ1n) is 7.48. The predicted molar refractivity (Wildman–Crippen MR) is 88.8 cm³/mol. The standard InChI is InChI=1S/C16H23N3S/c20-16(17-13-14-9-5-4-6-10-14)19-18-15-11-7-2-1-3-8-12-15/h4-6,9-10H,1-3,7-8,11-13H2,(H2,17,19,20). The fourth-order valence-corrected chi connectivity index (χ4v) is 2.49. The molecule has 0 spiro atoms. The normalized spacial score (nSPS) is 15.9. The van der Waals surface area contributed by atoms with Gasteiger partial charge in [0.05, 0.1) is 0 Å². The lowest BCUT2D eigenvalue weighted by molar-refractivity contribution is 0.604. The first-order chi connectivity index (χ1) is 9.84. The van der Waals surface area contributed by atoms with Gasteiger partial charge in [0.2, 0.25) is 0 Å². The largest absolute Gasteiger partial charge is 0.357 e. The van der Waals surface area contributed by atoms with Crippen LogP contribution in [-0.2, 0) is 6.54 Å². The average Bonchev–Trinajstić information content (AvgIpc) is 2.45. The van der Waals surface area contributed by atoms with Gasteiger partial charge in [-0.05, 0) is 43.5 Å². The average molecular weight is 289 g/mol. The van der Waals surface area contributed by atoms with E-state index >= 15 is 0 Å². The second-order valence-electron chi connectivity index (χ2n) is 5.23. The maximum absolute atomic E-state index is 5.25. The molecule has 0 aliphatic heterocycles. The van der Waals surface area contributed by atoms with Gasteiger partial charge in [-0.2, -0.15) is 5.10 Å². The zero-order valence-electron chi connectivity index (χ0n) is 11.9. The van der Waals surface area contributed by atoms with Gasteiger partial charge < -0.3 is 5.32 Å². The summed E-state index contributed by atoms with van der Waals surface area (Å²) in [6.45, 7) is 0.734. The third-order valence-corrected chi connectivity index (χ3v) is 3.78. The van der Waals surface area contributed by atoms with Crippen LogP contribution in [0.3, 0.4) is 0 Å². The van der Waals surface area contributed by atoms with Crippen molar-refractivity contribution in [2.45, 2.75) is 51.5 Å². The minimum Gasteiger partial charge on any atom is -0.357 e. The van der Waals surface area contributed by atoms with E-state index in [4.69, 9.17) is 12.2 Å². The minimum absolute atomic E-state index is 0.600. The summed E-state index contributed by atoms with van der Waals surface area (Å²) in [6, 6.07) is 10.2. The van der Waals surface area contributed by atoms with Crippen molar-refractivity contribution in [3.05, 3.63) is 35.9 Å². The van der Waals surface area contributed by atoms with Crippen molar-refractivity contribution in [2.75, 3.05) is 0 Å². The van der Waals surface area contributed by atoms with Gasteiger partial charge in [-0.3, -0.25) is 5.43 Å². The van der Waals surface area contributed by atoms with Crippen molar-refractivity contribution in [2.24, 2.45) is 5.10 Å². The van der Waals surface area contributed by atoms with Gasteiger partial charge in [0.15, 0.2) is 5.11 Å². The molecule has 0 amide bonds. The Labute approximate surface area is 126 Å². The summed E-state index contributed by atoms with van der Waals surface area (Å²) in [5.74, 6) is 0. The van der Waals surface area contributed by atoms with Crippen LogP contribution in [0.2, 0.25) is 0 Å². The molecule has 0 bridgehead atoms. The van der Waals surface area contributed by atoms with E-state index < -0.39 is 0 Å². The van der Waals surface area contributed by atoms with E-state index in [0.717, 1.165) is 19.4 Å². The Balaban J connectivity index is 1.73. The minimum atomic E-state index is 0.600. The molecule has 2 N–H and O–H groups in total. The molecule has 1 aromatic rings. The third kappa shape index (κ3) is 5.70. The van der Waals surface area contributed by atoms with Crippen LogP contribution in [0.4, 0.5) is 0 Å². The second kappa shape index (κ2) is 8.69. The summed E-state index contributed by atoms with van der Waals surface area (Å²) in [5, 5.41) is 8.24. The Bertz CT molecular complexity index is 432. The molecule has 1 fully saturated rings. The number of hydrogen-bond acceptors (Lipinski definition) is 2. The van der Waals surface area contributed by atoms with Gasteiger partial charge in [0.25, 0.3) is 0 Å². The van der Waals surface area contributed by atoms with E-state index in [1.165, 1.54) is 43.4 Å². The van der Waals surface area contributed by atoms with E-state index in [0.29, 0.717) is 5.11 Å². The van der Waals surface area contributed by atoms with E-state index in [2.05, 4.69) is 28.0 Å². The molecule has 1 saturated carbocycles. The zero-order valence-corrected chi connectivity index (χ0v) is 12.7. The van der Waals surface area contributed by atoms with Gasteiger partial charge in [0.1, 0.15) is 0 Å². The fourth-order valence-electron chi connectivity index (χ4n) is 2.37. The van der Waals surface area contributed by atoms with E-state index in [9.17, 15) is 0 Å². The Morgan fingerprint density at radius 3 is 2.35 bits per heavy atom. The van der Waals surface area contributed by atoms with Crippen LogP contribution in [0.15, 0.2) is 35.4 Å². The SMILES string of the molecule is S=C(NCc1ccccc1)NN=C1CCCCCCC1. The fraction of sp³-hybridized carbons (Fsp3) is 0.500. The number of nitrogens with zero attached hydrogens (tertiary/aromatic N) is 1. The van der Waals surface area contributed by atoms with Crippen LogP contribution < -0.4 is 10.7 Å². The van der Waals surface area contributed by atoms with E-state index in [1.807, 2.05) is 18.2 Å². The third-order valence-electron chi connectivity index (χ3n) is 3.54. The number of hydrogen-bond donors (Lipinski definition) is 2. The highest BCUT2D eigenvalue weighted by Crippen LogP contribution is 2.14. The van der Waals surface area contributed by atoms with Crippen LogP contribution in [0.25, 0.3) is 0 Å². The molecule has 1 aromatic carbocycles. The summed E-state index contributed by atoms with van der Waals surface area (Å²) in [7, 11) is 0. The van der Waals surface area contributed by atoms with Gasteiger partial charge in [-0.25, -0.2) is 0 Å². The molecule has 0 atom stereocenters. The van der Waals surface area contributed by atoms with Crippen LogP contribution >= 0.6 is 12.2 Å². The van der Waals surface area contributed by atoms with E-state index in [-0.39, 0.29) is 0 Å². The van der Waals surface area contributed by atoms with Crippen molar-refractivity contribution in [3.8, 4) is 0 Å². The lowest BCUT2D eigenvalue weighted by Crippen LogP contribution is -2.32. The first kappa shape index (κ1) is 15.0. The van der Waals surface area contributed by atoms with Crippen molar-refractivity contribution in [1.29, 1.82) is 0 Å². The maximum Gasteiger partial charge on any atom is 0.187 e. The molecule has 2 rings (SSSR count). The Kier molecular flexibility index (Phi) is 6.51. The molecule has 1 aliphatic rings. The lowest BCUT2D eigenvalue weighted by Gasteiger charge is -2.12. The molecule has 0 unspecified atom stereocenters. The molecule has 108 valence electrons. The van der Waals surface area contributed by atoms with Gasteiger partial charge >= 0.3 is 0 Å². The monoisotopic (exact) mass is 289 g/mol. The highest BCUT2D eigenvalue weighted by Gasteiger charge is 2.05. The number of nitrogens with one attached hydrogen (secondary N) is 2. The highest BCUT2D eigenvalue weighted by atomic mass is 32.1. The second-order valence-corrected chi connectivity index (χ2v) is 5.63. The highest BCUT2D eigenvalue weighted by molar-refractivity contribution is 7.80. The molecule has 3 nitrogen and oxygen atoms in total. The smallest absolute Gasteiger partial charge is 0.187 e.